The molecular weight excluding hydrogens is 396 g/mol. The number of tetrazole rings is 1. The lowest BCUT2D eigenvalue weighted by Crippen LogP contribution is -2.19. The third-order valence-electron chi connectivity index (χ3n) is 3.87. The number of methoxy groups -OCH3 is 1. The van der Waals surface area contributed by atoms with Crippen molar-refractivity contribution in [1.29, 1.82) is 0 Å². The Labute approximate surface area is 172 Å². The average molecular weight is 421 g/mol. The SMILES string of the molecule is CCOc1ccc(-c2nc(CSc3nnnn3CCN(C)C)cs2)cc1OC. The first-order valence-corrected chi connectivity index (χ1v) is 10.8. The number of aromatic nitrogens is 5. The van der Waals surface area contributed by atoms with E-state index in [2.05, 4.69) is 25.8 Å². The molecule has 0 saturated carbocycles. The molecule has 0 saturated heterocycles. The molecule has 28 heavy (non-hydrogen) atoms. The number of ether oxygens (including phenoxy) is 2. The van der Waals surface area contributed by atoms with Crippen molar-refractivity contribution in [2.75, 3.05) is 34.4 Å². The zero-order valence-electron chi connectivity index (χ0n) is 16.5. The number of hydrogen-bond acceptors (Lipinski definition) is 9. The van der Waals surface area contributed by atoms with E-state index in [-0.39, 0.29) is 0 Å². The van der Waals surface area contributed by atoms with Gasteiger partial charge in [-0.3, -0.25) is 0 Å². The molecule has 0 aliphatic heterocycles. The first kappa shape index (κ1) is 20.6. The molecule has 0 amide bonds. The fourth-order valence-corrected chi connectivity index (χ4v) is 4.17. The number of benzene rings is 1. The smallest absolute Gasteiger partial charge is 0.209 e. The first-order valence-electron chi connectivity index (χ1n) is 8.90. The second-order valence-corrected chi connectivity index (χ2v) is 8.02. The second kappa shape index (κ2) is 9.85. The van der Waals surface area contributed by atoms with E-state index in [1.54, 1.807) is 30.2 Å². The molecular formula is C18H24N6O2S2. The van der Waals surface area contributed by atoms with Gasteiger partial charge >= 0.3 is 0 Å². The molecule has 0 atom stereocenters. The van der Waals surface area contributed by atoms with Gasteiger partial charge in [-0.15, -0.1) is 16.4 Å². The molecule has 0 spiro atoms. The van der Waals surface area contributed by atoms with Crippen LogP contribution >= 0.6 is 23.1 Å². The molecule has 2 aromatic heterocycles. The molecule has 150 valence electrons. The highest BCUT2D eigenvalue weighted by molar-refractivity contribution is 7.98. The van der Waals surface area contributed by atoms with Crippen LogP contribution < -0.4 is 9.47 Å². The summed E-state index contributed by atoms with van der Waals surface area (Å²) in [7, 11) is 5.71. The van der Waals surface area contributed by atoms with Crippen molar-refractivity contribution < 1.29 is 9.47 Å². The van der Waals surface area contributed by atoms with Crippen LogP contribution in [0.1, 0.15) is 12.6 Å². The Hall–Kier alpha value is -2.17. The predicted octanol–water partition coefficient (Wildman–Crippen LogP) is 3.06. The fraction of sp³-hybridized carbons (Fsp3) is 0.444. The van der Waals surface area contributed by atoms with Gasteiger partial charge in [-0.25, -0.2) is 9.67 Å². The zero-order chi connectivity index (χ0) is 19.9. The third-order valence-corrected chi connectivity index (χ3v) is 5.80. The van der Waals surface area contributed by atoms with Crippen LogP contribution in [0.4, 0.5) is 0 Å². The number of rotatable bonds is 10. The van der Waals surface area contributed by atoms with Crippen LogP contribution in [0.25, 0.3) is 10.6 Å². The molecule has 2 heterocycles. The Morgan fingerprint density at radius 3 is 2.86 bits per heavy atom. The molecule has 10 heteroatoms. The minimum atomic E-state index is 0.600. The quantitative estimate of drug-likeness (QED) is 0.463. The van der Waals surface area contributed by atoms with Gasteiger partial charge in [0.2, 0.25) is 5.16 Å². The number of nitrogens with zero attached hydrogens (tertiary/aromatic N) is 6. The molecule has 3 rings (SSSR count). The lowest BCUT2D eigenvalue weighted by molar-refractivity contribution is 0.311. The van der Waals surface area contributed by atoms with Crippen molar-refractivity contribution in [2.45, 2.75) is 24.4 Å². The minimum absolute atomic E-state index is 0.600. The van der Waals surface area contributed by atoms with Gasteiger partial charge in [0.25, 0.3) is 0 Å². The number of likely N-dealkylation sites (N-methyl/N-ethyl adjacent to an activating group) is 1. The normalized spacial score (nSPS) is 11.2. The molecule has 8 nitrogen and oxygen atoms in total. The van der Waals surface area contributed by atoms with E-state index in [0.717, 1.165) is 40.3 Å². The Bertz CT molecular complexity index is 896. The van der Waals surface area contributed by atoms with E-state index in [1.807, 2.05) is 43.9 Å². The predicted molar refractivity (Wildman–Crippen MR) is 111 cm³/mol. The van der Waals surface area contributed by atoms with Crippen LogP contribution in [-0.2, 0) is 12.3 Å². The molecule has 0 unspecified atom stereocenters. The molecule has 0 aliphatic rings. The zero-order valence-corrected chi connectivity index (χ0v) is 18.1. The van der Waals surface area contributed by atoms with Crippen molar-refractivity contribution in [1.82, 2.24) is 30.1 Å². The molecule has 0 fully saturated rings. The number of thioether (sulfide) groups is 1. The summed E-state index contributed by atoms with van der Waals surface area (Å²) in [5.41, 5.74) is 2.01. The lowest BCUT2D eigenvalue weighted by atomic mass is 10.2. The average Bonchev–Trinajstić information content (AvgIpc) is 3.34. The molecule has 3 aromatic rings. The standard InChI is InChI=1S/C18H24N6O2S2/c1-5-26-15-7-6-13(10-16(15)25-4)17-19-14(11-27-17)12-28-18-20-21-22-24(18)9-8-23(2)3/h6-7,10-11H,5,8-9,12H2,1-4H3. The highest BCUT2D eigenvalue weighted by atomic mass is 32.2. The fourth-order valence-electron chi connectivity index (χ4n) is 2.45. The van der Waals surface area contributed by atoms with Gasteiger partial charge in [0.05, 0.1) is 26.0 Å². The van der Waals surface area contributed by atoms with Crippen LogP contribution in [0.5, 0.6) is 11.5 Å². The second-order valence-electron chi connectivity index (χ2n) is 6.22. The highest BCUT2D eigenvalue weighted by Crippen LogP contribution is 2.34. The Balaban J connectivity index is 1.66. The summed E-state index contributed by atoms with van der Waals surface area (Å²) in [4.78, 5) is 6.86. The summed E-state index contributed by atoms with van der Waals surface area (Å²) in [6.07, 6.45) is 0. The maximum Gasteiger partial charge on any atom is 0.209 e. The highest BCUT2D eigenvalue weighted by Gasteiger charge is 2.12. The lowest BCUT2D eigenvalue weighted by Gasteiger charge is -2.10. The van der Waals surface area contributed by atoms with E-state index in [1.165, 1.54) is 0 Å². The molecule has 0 N–H and O–H groups in total. The van der Waals surface area contributed by atoms with Gasteiger partial charge in [0.1, 0.15) is 5.01 Å². The maximum atomic E-state index is 5.58. The summed E-state index contributed by atoms with van der Waals surface area (Å²) >= 11 is 3.20. The van der Waals surface area contributed by atoms with Crippen molar-refractivity contribution in [3.63, 3.8) is 0 Å². The molecule has 0 bridgehead atoms. The van der Waals surface area contributed by atoms with Gasteiger partial charge < -0.3 is 14.4 Å². The van der Waals surface area contributed by atoms with Crippen LogP contribution in [0.2, 0.25) is 0 Å². The molecule has 1 aromatic carbocycles. The molecule has 0 aliphatic carbocycles. The van der Waals surface area contributed by atoms with E-state index in [9.17, 15) is 0 Å². The molecule has 0 radical (unpaired) electrons. The van der Waals surface area contributed by atoms with Gasteiger partial charge in [-0.1, -0.05) is 11.8 Å². The van der Waals surface area contributed by atoms with Crippen LogP contribution in [-0.4, -0.2) is 64.4 Å². The van der Waals surface area contributed by atoms with Gasteiger partial charge in [0, 0.05) is 23.2 Å². The van der Waals surface area contributed by atoms with Gasteiger partial charge in [-0.2, -0.15) is 0 Å². The van der Waals surface area contributed by atoms with Crippen LogP contribution in [0, 0.1) is 0 Å². The largest absolute Gasteiger partial charge is 0.493 e. The topological polar surface area (TPSA) is 78.2 Å². The number of hydrogen-bond donors (Lipinski definition) is 0. The van der Waals surface area contributed by atoms with E-state index in [4.69, 9.17) is 14.5 Å². The minimum Gasteiger partial charge on any atom is -0.493 e. The number of thiazole rings is 1. The summed E-state index contributed by atoms with van der Waals surface area (Å²) in [5.74, 6) is 2.17. The van der Waals surface area contributed by atoms with Gasteiger partial charge in [-0.05, 0) is 49.6 Å². The monoisotopic (exact) mass is 420 g/mol. The Morgan fingerprint density at radius 2 is 2.11 bits per heavy atom. The maximum absolute atomic E-state index is 5.58. The summed E-state index contributed by atoms with van der Waals surface area (Å²) in [5, 5.41) is 15.8. The Morgan fingerprint density at radius 1 is 1.25 bits per heavy atom. The van der Waals surface area contributed by atoms with E-state index in [0.29, 0.717) is 18.1 Å². The van der Waals surface area contributed by atoms with Gasteiger partial charge in [0.15, 0.2) is 11.5 Å². The summed E-state index contributed by atoms with van der Waals surface area (Å²) in [6, 6.07) is 5.89. The summed E-state index contributed by atoms with van der Waals surface area (Å²) in [6.45, 7) is 4.20. The first-order chi connectivity index (χ1) is 13.6. The van der Waals surface area contributed by atoms with E-state index < -0.39 is 0 Å². The Kier molecular flexibility index (Phi) is 7.24. The van der Waals surface area contributed by atoms with Crippen LogP contribution in [0.3, 0.4) is 0 Å². The van der Waals surface area contributed by atoms with E-state index >= 15 is 0 Å². The summed E-state index contributed by atoms with van der Waals surface area (Å²) < 4.78 is 12.8. The van der Waals surface area contributed by atoms with Crippen LogP contribution in [0.15, 0.2) is 28.7 Å². The van der Waals surface area contributed by atoms with Crippen molar-refractivity contribution in [2.24, 2.45) is 0 Å². The third kappa shape index (κ3) is 5.21. The van der Waals surface area contributed by atoms with Crippen molar-refractivity contribution in [3.8, 4) is 22.1 Å². The van der Waals surface area contributed by atoms with Crippen molar-refractivity contribution >= 4 is 23.1 Å². The van der Waals surface area contributed by atoms with Crippen molar-refractivity contribution in [3.05, 3.63) is 29.3 Å².